The number of likely N-dealkylation sites (tertiary alicyclic amines) is 1. The molecule has 12 heteroatoms. The van der Waals surface area contributed by atoms with Crippen LogP contribution >= 0.6 is 0 Å². The molecule has 2 aliphatic heterocycles. The Morgan fingerprint density at radius 1 is 0.889 bits per heavy atom. The number of hydrogen-bond donors (Lipinski definition) is 1. The van der Waals surface area contributed by atoms with Crippen LogP contribution in [0.25, 0.3) is 11.1 Å². The van der Waals surface area contributed by atoms with Crippen LogP contribution < -0.4 is 10.5 Å². The number of benzene rings is 4. The standard InChI is InChI=1S/C42H37F3N4O5/c1-27-23-34-33(37(48(27)26-41(43,44)45)35-19-17-31(24-46-35)53-32-21-22-47(25-32)39(50)51)18-20-36-38(34)54-40(52)49(36)42(28-11-5-2-6-12-28,29-13-7-3-8-14-29)30-15-9-4-10-16-30/h2-20,24,27,32,37H,21-23,25-26H2,1H3,(H,50,51)/t27-,32?,37+/m1/s1. The summed E-state index contributed by atoms with van der Waals surface area (Å²) in [5, 5.41) is 9.31. The first-order valence-electron chi connectivity index (χ1n) is 17.8. The normalized spacial score (nSPS) is 19.2. The third-order valence-corrected chi connectivity index (χ3v) is 10.6. The Labute approximate surface area is 308 Å². The van der Waals surface area contributed by atoms with Crippen molar-refractivity contribution in [3.05, 3.63) is 166 Å². The van der Waals surface area contributed by atoms with Crippen molar-refractivity contribution in [2.45, 2.75) is 49.7 Å². The van der Waals surface area contributed by atoms with Gasteiger partial charge in [-0.15, -0.1) is 0 Å². The van der Waals surface area contributed by atoms with Gasteiger partial charge in [0.2, 0.25) is 0 Å². The van der Waals surface area contributed by atoms with Crippen LogP contribution in [0.3, 0.4) is 0 Å². The van der Waals surface area contributed by atoms with E-state index in [1.165, 1.54) is 16.0 Å². The van der Waals surface area contributed by atoms with Crippen LogP contribution in [-0.4, -0.2) is 68.5 Å². The third kappa shape index (κ3) is 6.19. The third-order valence-electron chi connectivity index (χ3n) is 10.6. The monoisotopic (exact) mass is 734 g/mol. The average molecular weight is 735 g/mol. The minimum Gasteiger partial charge on any atom is -0.487 e. The van der Waals surface area contributed by atoms with Crippen molar-refractivity contribution in [3.63, 3.8) is 0 Å². The second kappa shape index (κ2) is 13.8. The van der Waals surface area contributed by atoms with Crippen LogP contribution in [0.5, 0.6) is 5.75 Å². The number of carbonyl (C=O) groups is 1. The summed E-state index contributed by atoms with van der Waals surface area (Å²) in [6.45, 7) is 1.13. The van der Waals surface area contributed by atoms with Crippen LogP contribution in [0, 0.1) is 0 Å². The lowest BCUT2D eigenvalue weighted by Crippen LogP contribution is -2.47. The predicted octanol–water partition coefficient (Wildman–Crippen LogP) is 7.86. The van der Waals surface area contributed by atoms with Gasteiger partial charge in [0.15, 0.2) is 5.58 Å². The number of halogens is 3. The Morgan fingerprint density at radius 3 is 2.02 bits per heavy atom. The van der Waals surface area contributed by atoms with E-state index in [2.05, 4.69) is 4.98 Å². The van der Waals surface area contributed by atoms with E-state index in [1.807, 2.05) is 91.0 Å². The van der Waals surface area contributed by atoms with E-state index in [0.717, 1.165) is 16.7 Å². The summed E-state index contributed by atoms with van der Waals surface area (Å²) in [7, 11) is 0. The topological polar surface area (TPSA) is 101 Å². The fraction of sp³-hybridized carbons (Fsp3) is 0.262. The molecule has 0 bridgehead atoms. The maximum atomic E-state index is 14.5. The predicted molar refractivity (Wildman–Crippen MR) is 196 cm³/mol. The molecule has 1 saturated heterocycles. The summed E-state index contributed by atoms with van der Waals surface area (Å²) < 4.78 is 56.5. The zero-order valence-electron chi connectivity index (χ0n) is 29.3. The van der Waals surface area contributed by atoms with Gasteiger partial charge < -0.3 is 19.2 Å². The highest BCUT2D eigenvalue weighted by molar-refractivity contribution is 5.81. The van der Waals surface area contributed by atoms with Gasteiger partial charge in [-0.05, 0) is 53.8 Å². The number of pyridine rings is 1. The molecule has 6 aromatic rings. The fourth-order valence-electron chi connectivity index (χ4n) is 8.30. The van der Waals surface area contributed by atoms with E-state index in [1.54, 1.807) is 35.8 Å². The molecule has 4 heterocycles. The second-order valence-electron chi connectivity index (χ2n) is 13.9. The molecule has 1 amide bonds. The van der Waals surface area contributed by atoms with E-state index in [0.29, 0.717) is 46.6 Å². The lowest BCUT2D eigenvalue weighted by atomic mass is 9.76. The number of oxazole rings is 1. The van der Waals surface area contributed by atoms with Crippen molar-refractivity contribution in [2.24, 2.45) is 0 Å². The van der Waals surface area contributed by atoms with E-state index < -0.39 is 42.2 Å². The SMILES string of the molecule is C[C@@H]1Cc2c(ccc3c2oc(=O)n3C(c2ccccc2)(c2ccccc2)c2ccccc2)[C@@H](c2ccc(OC3CCN(C(=O)O)C3)cn2)N1CC(F)(F)F. The maximum absolute atomic E-state index is 14.5. The van der Waals surface area contributed by atoms with Crippen LogP contribution in [0.15, 0.2) is 131 Å². The average Bonchev–Trinajstić information content (AvgIpc) is 3.78. The van der Waals surface area contributed by atoms with Crippen molar-refractivity contribution in [3.8, 4) is 5.75 Å². The van der Waals surface area contributed by atoms with Gasteiger partial charge >= 0.3 is 18.0 Å². The molecule has 54 heavy (non-hydrogen) atoms. The lowest BCUT2D eigenvalue weighted by Gasteiger charge is -2.42. The van der Waals surface area contributed by atoms with Crippen molar-refractivity contribution < 1.29 is 32.2 Å². The van der Waals surface area contributed by atoms with Crippen molar-refractivity contribution in [2.75, 3.05) is 19.6 Å². The van der Waals surface area contributed by atoms with Crippen LogP contribution in [0.4, 0.5) is 18.0 Å². The van der Waals surface area contributed by atoms with E-state index in [4.69, 9.17) is 9.15 Å². The number of rotatable bonds is 8. The Morgan fingerprint density at radius 2 is 1.50 bits per heavy atom. The number of nitrogens with zero attached hydrogens (tertiary/aromatic N) is 4. The van der Waals surface area contributed by atoms with Crippen LogP contribution in [-0.2, 0) is 12.0 Å². The van der Waals surface area contributed by atoms with Gasteiger partial charge in [-0.25, -0.2) is 9.59 Å². The number of amides is 1. The zero-order valence-corrected chi connectivity index (χ0v) is 29.3. The second-order valence-corrected chi connectivity index (χ2v) is 13.9. The molecular weight excluding hydrogens is 697 g/mol. The minimum atomic E-state index is -4.49. The molecule has 0 aliphatic carbocycles. The highest BCUT2D eigenvalue weighted by Gasteiger charge is 2.45. The van der Waals surface area contributed by atoms with E-state index in [-0.39, 0.29) is 19.1 Å². The van der Waals surface area contributed by atoms with Crippen molar-refractivity contribution in [1.29, 1.82) is 0 Å². The number of aromatic nitrogens is 2. The molecule has 276 valence electrons. The van der Waals surface area contributed by atoms with Crippen LogP contribution in [0.2, 0.25) is 0 Å². The fourth-order valence-corrected chi connectivity index (χ4v) is 8.30. The summed E-state index contributed by atoms with van der Waals surface area (Å²) in [4.78, 5) is 33.1. The molecule has 0 saturated carbocycles. The Bertz CT molecular complexity index is 2230. The molecule has 1 unspecified atom stereocenters. The molecule has 0 spiro atoms. The molecular formula is C42H37F3N4O5. The first-order valence-corrected chi connectivity index (χ1v) is 17.8. The van der Waals surface area contributed by atoms with Crippen LogP contribution in [0.1, 0.15) is 52.9 Å². The maximum Gasteiger partial charge on any atom is 0.421 e. The largest absolute Gasteiger partial charge is 0.487 e. The summed E-state index contributed by atoms with van der Waals surface area (Å²) in [6.07, 6.45) is -3.69. The summed E-state index contributed by atoms with van der Waals surface area (Å²) in [5.74, 6) is -0.218. The Balaban J connectivity index is 1.29. The quantitative estimate of drug-likeness (QED) is 0.159. The van der Waals surface area contributed by atoms with E-state index >= 15 is 0 Å². The number of ether oxygens (including phenoxy) is 1. The molecule has 3 atom stereocenters. The smallest absolute Gasteiger partial charge is 0.421 e. The van der Waals surface area contributed by atoms with Gasteiger partial charge in [0, 0.05) is 24.6 Å². The molecule has 8 rings (SSSR count). The molecule has 4 aromatic carbocycles. The highest BCUT2D eigenvalue weighted by atomic mass is 19.4. The first kappa shape index (κ1) is 35.2. The Kier molecular flexibility index (Phi) is 9.01. The van der Waals surface area contributed by atoms with Crippen molar-refractivity contribution >= 4 is 17.2 Å². The van der Waals surface area contributed by atoms with Gasteiger partial charge in [0.05, 0.1) is 36.5 Å². The van der Waals surface area contributed by atoms with Crippen molar-refractivity contribution in [1.82, 2.24) is 19.4 Å². The van der Waals surface area contributed by atoms with Gasteiger partial charge in [-0.3, -0.25) is 14.5 Å². The molecule has 1 N–H and O–H groups in total. The minimum absolute atomic E-state index is 0.199. The van der Waals surface area contributed by atoms with Gasteiger partial charge in [0.1, 0.15) is 17.4 Å². The number of fused-ring (bicyclic) bond motifs is 3. The molecule has 9 nitrogen and oxygen atoms in total. The first-order chi connectivity index (χ1) is 26.0. The number of alkyl halides is 3. The number of hydrogen-bond acceptors (Lipinski definition) is 6. The van der Waals surface area contributed by atoms with Gasteiger partial charge in [0.25, 0.3) is 0 Å². The number of carboxylic acid groups (broad SMARTS) is 1. The highest BCUT2D eigenvalue weighted by Crippen LogP contribution is 2.45. The summed E-state index contributed by atoms with van der Waals surface area (Å²) in [5.41, 5.74) is 3.71. The Hall–Kier alpha value is -5.88. The summed E-state index contributed by atoms with van der Waals surface area (Å²) in [6, 6.07) is 34.5. The molecule has 2 aliphatic rings. The molecule has 2 aromatic heterocycles. The van der Waals surface area contributed by atoms with Gasteiger partial charge in [-0.2, -0.15) is 13.2 Å². The van der Waals surface area contributed by atoms with E-state index in [9.17, 15) is 27.9 Å². The lowest BCUT2D eigenvalue weighted by molar-refractivity contribution is -0.155. The molecule has 0 radical (unpaired) electrons. The molecule has 1 fully saturated rings. The van der Waals surface area contributed by atoms with Gasteiger partial charge in [-0.1, -0.05) is 97.1 Å². The summed E-state index contributed by atoms with van der Waals surface area (Å²) >= 11 is 0. The zero-order chi connectivity index (χ0) is 37.6.